The molecule has 1 amide bonds. The van der Waals surface area contributed by atoms with E-state index in [1.165, 1.54) is 0 Å². The number of nitrogens with zero attached hydrogens (tertiary/aromatic N) is 5. The Morgan fingerprint density at radius 3 is 2.54 bits per heavy atom. The summed E-state index contributed by atoms with van der Waals surface area (Å²) in [5, 5.41) is 6.76. The summed E-state index contributed by atoms with van der Waals surface area (Å²) < 4.78 is 16.3. The number of hydrogen-bond donors (Lipinski definition) is 1. The van der Waals surface area contributed by atoms with Gasteiger partial charge in [0, 0.05) is 37.6 Å². The number of rotatable bonds is 13. The average Bonchev–Trinajstić information content (AvgIpc) is 3.05. The van der Waals surface area contributed by atoms with Gasteiger partial charge in [-0.25, -0.2) is 0 Å². The van der Waals surface area contributed by atoms with Crippen LogP contribution in [-0.4, -0.2) is 107 Å². The SMILES string of the molecule is CNCCOCCOCCOCCN1CCN2C[C@@H](N=[N+]=[N-])C[C@H]2C1=O. The maximum atomic E-state index is 12.5. The summed E-state index contributed by atoms with van der Waals surface area (Å²) >= 11 is 0. The van der Waals surface area contributed by atoms with Crippen LogP contribution in [0.5, 0.6) is 0 Å². The Morgan fingerprint density at radius 1 is 1.15 bits per heavy atom. The van der Waals surface area contributed by atoms with Crippen molar-refractivity contribution in [3.05, 3.63) is 10.4 Å². The molecule has 2 rings (SSSR count). The van der Waals surface area contributed by atoms with Crippen LogP contribution in [0.1, 0.15) is 6.42 Å². The summed E-state index contributed by atoms with van der Waals surface area (Å²) in [6.45, 7) is 6.97. The lowest BCUT2D eigenvalue weighted by Gasteiger charge is -2.36. The number of carbonyl (C=O) groups excluding carboxylic acids is 1. The minimum atomic E-state index is -0.148. The molecule has 1 N–H and O–H groups in total. The van der Waals surface area contributed by atoms with Crippen LogP contribution in [0.2, 0.25) is 0 Å². The molecule has 0 saturated carbocycles. The third-order valence-corrected chi connectivity index (χ3v) is 4.60. The van der Waals surface area contributed by atoms with Gasteiger partial charge >= 0.3 is 0 Å². The second-order valence-electron chi connectivity index (χ2n) is 6.37. The molecule has 0 aromatic heterocycles. The summed E-state index contributed by atoms with van der Waals surface area (Å²) in [5.74, 6) is 0.116. The van der Waals surface area contributed by atoms with Gasteiger partial charge in [-0.1, -0.05) is 5.11 Å². The molecule has 0 aromatic rings. The van der Waals surface area contributed by atoms with E-state index >= 15 is 0 Å². The van der Waals surface area contributed by atoms with Crippen molar-refractivity contribution in [2.45, 2.75) is 18.5 Å². The van der Waals surface area contributed by atoms with Crippen LogP contribution >= 0.6 is 0 Å². The van der Waals surface area contributed by atoms with Crippen molar-refractivity contribution in [1.82, 2.24) is 15.1 Å². The van der Waals surface area contributed by atoms with Gasteiger partial charge in [0.05, 0.1) is 51.7 Å². The van der Waals surface area contributed by atoms with Crippen molar-refractivity contribution >= 4 is 5.91 Å². The van der Waals surface area contributed by atoms with Crippen molar-refractivity contribution in [2.24, 2.45) is 5.11 Å². The van der Waals surface area contributed by atoms with Crippen molar-refractivity contribution in [3.8, 4) is 0 Å². The fourth-order valence-corrected chi connectivity index (χ4v) is 3.22. The van der Waals surface area contributed by atoms with E-state index in [0.29, 0.717) is 65.7 Å². The molecule has 10 heteroatoms. The lowest BCUT2D eigenvalue weighted by atomic mass is 10.1. The number of likely N-dealkylation sites (N-methyl/N-ethyl adjacent to an activating group) is 1. The van der Waals surface area contributed by atoms with Crippen LogP contribution < -0.4 is 5.32 Å². The van der Waals surface area contributed by atoms with Gasteiger partial charge in [-0.15, -0.1) is 0 Å². The highest BCUT2D eigenvalue weighted by atomic mass is 16.5. The minimum Gasteiger partial charge on any atom is -0.378 e. The predicted molar refractivity (Wildman–Crippen MR) is 95.9 cm³/mol. The fraction of sp³-hybridized carbons (Fsp3) is 0.938. The van der Waals surface area contributed by atoms with Crippen LogP contribution in [0.4, 0.5) is 0 Å². The Balaban J connectivity index is 1.50. The number of amides is 1. The van der Waals surface area contributed by atoms with Crippen LogP contribution in [0, 0.1) is 0 Å². The summed E-state index contributed by atoms with van der Waals surface area (Å²) in [6, 6.07) is -0.241. The van der Waals surface area contributed by atoms with Crippen LogP contribution in [0.15, 0.2) is 5.11 Å². The van der Waals surface area contributed by atoms with Gasteiger partial charge in [-0.2, -0.15) is 0 Å². The highest BCUT2D eigenvalue weighted by molar-refractivity contribution is 5.83. The van der Waals surface area contributed by atoms with E-state index in [-0.39, 0.29) is 18.0 Å². The number of fused-ring (bicyclic) bond motifs is 1. The Morgan fingerprint density at radius 2 is 1.85 bits per heavy atom. The molecule has 2 fully saturated rings. The molecule has 0 aromatic carbocycles. The van der Waals surface area contributed by atoms with Crippen LogP contribution in [0.3, 0.4) is 0 Å². The van der Waals surface area contributed by atoms with Gasteiger partial charge in [-0.05, 0) is 19.0 Å². The zero-order valence-electron chi connectivity index (χ0n) is 15.5. The summed E-state index contributed by atoms with van der Waals surface area (Å²) in [4.78, 5) is 19.3. The second kappa shape index (κ2) is 12.1. The fourth-order valence-electron chi connectivity index (χ4n) is 3.22. The first-order chi connectivity index (χ1) is 12.8. The number of piperazine rings is 1. The number of ether oxygens (including phenoxy) is 3. The van der Waals surface area contributed by atoms with E-state index in [1.807, 2.05) is 11.9 Å². The third-order valence-electron chi connectivity index (χ3n) is 4.60. The molecule has 2 saturated heterocycles. The highest BCUT2D eigenvalue weighted by Gasteiger charge is 2.41. The zero-order valence-corrected chi connectivity index (χ0v) is 15.5. The maximum absolute atomic E-state index is 12.5. The molecule has 2 atom stereocenters. The molecule has 0 unspecified atom stereocenters. The molecule has 2 heterocycles. The molecule has 0 radical (unpaired) electrons. The van der Waals surface area contributed by atoms with Crippen molar-refractivity contribution < 1.29 is 19.0 Å². The first-order valence-corrected chi connectivity index (χ1v) is 9.21. The van der Waals surface area contributed by atoms with Crippen molar-refractivity contribution in [3.63, 3.8) is 0 Å². The van der Waals surface area contributed by atoms with Gasteiger partial charge in [0.15, 0.2) is 0 Å². The predicted octanol–water partition coefficient (Wildman–Crippen LogP) is -0.149. The average molecular weight is 370 g/mol. The van der Waals surface area contributed by atoms with Gasteiger partial charge < -0.3 is 24.4 Å². The lowest BCUT2D eigenvalue weighted by molar-refractivity contribution is -0.141. The van der Waals surface area contributed by atoms with Gasteiger partial charge in [0.2, 0.25) is 5.91 Å². The van der Waals surface area contributed by atoms with Gasteiger partial charge in [0.25, 0.3) is 0 Å². The van der Waals surface area contributed by atoms with E-state index in [0.717, 1.165) is 13.1 Å². The molecule has 10 nitrogen and oxygen atoms in total. The Kier molecular flexibility index (Phi) is 9.68. The second-order valence-corrected chi connectivity index (χ2v) is 6.37. The number of carbonyl (C=O) groups is 1. The summed E-state index contributed by atoms with van der Waals surface area (Å²) in [5.41, 5.74) is 8.56. The minimum absolute atomic E-state index is 0.0930. The number of nitrogens with one attached hydrogen (secondary N) is 1. The monoisotopic (exact) mass is 370 g/mol. The largest absolute Gasteiger partial charge is 0.378 e. The molecular weight excluding hydrogens is 340 g/mol. The van der Waals surface area contributed by atoms with E-state index in [2.05, 4.69) is 20.2 Å². The molecule has 0 aliphatic carbocycles. The lowest BCUT2D eigenvalue weighted by Crippen LogP contribution is -2.54. The smallest absolute Gasteiger partial charge is 0.240 e. The Bertz CT molecular complexity index is 474. The zero-order chi connectivity index (χ0) is 18.6. The molecular formula is C16H30N6O4. The number of azide groups is 1. The molecule has 0 bridgehead atoms. The maximum Gasteiger partial charge on any atom is 0.240 e. The number of hydrogen-bond acceptors (Lipinski definition) is 7. The standard InChI is InChI=1S/C16H30N6O4/c1-18-2-6-24-8-10-26-11-9-25-7-5-21-3-4-22-13-14(19-20-17)12-15(22)16(21)23/h14-15,18H,2-13H2,1H3/t14-,15-/m0/s1. The van der Waals surface area contributed by atoms with E-state index in [9.17, 15) is 4.79 Å². The van der Waals surface area contributed by atoms with E-state index in [1.54, 1.807) is 0 Å². The molecule has 2 aliphatic heterocycles. The van der Waals surface area contributed by atoms with Crippen molar-refractivity contribution in [2.75, 3.05) is 79.4 Å². The normalized spacial score (nSPS) is 23.1. The Hall–Kier alpha value is -1.42. The van der Waals surface area contributed by atoms with Gasteiger partial charge in [-0.3, -0.25) is 9.69 Å². The molecule has 26 heavy (non-hydrogen) atoms. The highest BCUT2D eigenvalue weighted by Crippen LogP contribution is 2.25. The van der Waals surface area contributed by atoms with E-state index < -0.39 is 0 Å². The first kappa shape index (κ1) is 20.9. The summed E-state index contributed by atoms with van der Waals surface area (Å²) in [7, 11) is 1.89. The van der Waals surface area contributed by atoms with Gasteiger partial charge in [0.1, 0.15) is 0 Å². The van der Waals surface area contributed by atoms with Crippen molar-refractivity contribution in [1.29, 1.82) is 0 Å². The molecule has 2 aliphatic rings. The first-order valence-electron chi connectivity index (χ1n) is 9.21. The topological polar surface area (TPSA) is 112 Å². The molecule has 0 spiro atoms. The third kappa shape index (κ3) is 6.71. The quantitative estimate of drug-likeness (QED) is 0.209. The van der Waals surface area contributed by atoms with E-state index in [4.69, 9.17) is 19.7 Å². The van der Waals surface area contributed by atoms with Crippen LogP contribution in [0.25, 0.3) is 10.4 Å². The molecule has 148 valence electrons. The summed E-state index contributed by atoms with van der Waals surface area (Å²) in [6.07, 6.45) is 0.616. The van der Waals surface area contributed by atoms with Crippen LogP contribution in [-0.2, 0) is 19.0 Å². The Labute approximate surface area is 154 Å².